The molecule has 0 saturated carbocycles. The Labute approximate surface area is 175 Å². The Hall–Kier alpha value is -3.49. The predicted octanol–water partition coefficient (Wildman–Crippen LogP) is 3.09. The van der Waals surface area contributed by atoms with E-state index in [-0.39, 0.29) is 12.1 Å². The first-order chi connectivity index (χ1) is 14.5. The molecule has 4 rings (SSSR count). The van der Waals surface area contributed by atoms with Gasteiger partial charge in [-0.1, -0.05) is 17.7 Å². The Kier molecular flexibility index (Phi) is 5.35. The lowest BCUT2D eigenvalue weighted by Crippen LogP contribution is -2.28. The van der Waals surface area contributed by atoms with Gasteiger partial charge in [-0.25, -0.2) is 8.91 Å². The van der Waals surface area contributed by atoms with Gasteiger partial charge in [-0.05, 0) is 42.5 Å². The summed E-state index contributed by atoms with van der Waals surface area (Å²) < 4.78 is 15.8. The van der Waals surface area contributed by atoms with E-state index in [2.05, 4.69) is 10.4 Å². The summed E-state index contributed by atoms with van der Waals surface area (Å²) >= 11 is 5.91. The van der Waals surface area contributed by atoms with E-state index < -0.39 is 23.9 Å². The number of benzene rings is 2. The zero-order chi connectivity index (χ0) is 21.3. The van der Waals surface area contributed by atoms with Crippen LogP contribution in [0, 0.1) is 5.82 Å². The molecule has 30 heavy (non-hydrogen) atoms. The highest BCUT2D eigenvalue weighted by Gasteiger charge is 2.18. The zero-order valence-electron chi connectivity index (χ0n) is 15.5. The van der Waals surface area contributed by atoms with Gasteiger partial charge < -0.3 is 15.0 Å². The monoisotopic (exact) mass is 426 g/mol. The van der Waals surface area contributed by atoms with Crippen molar-refractivity contribution in [2.45, 2.75) is 13.2 Å². The van der Waals surface area contributed by atoms with E-state index in [9.17, 15) is 19.1 Å². The summed E-state index contributed by atoms with van der Waals surface area (Å²) in [7, 11) is 0. The number of nitrogens with zero attached hydrogens (tertiary/aromatic N) is 3. The average molecular weight is 427 g/mol. The van der Waals surface area contributed by atoms with E-state index in [0.29, 0.717) is 27.5 Å². The van der Waals surface area contributed by atoms with Gasteiger partial charge in [-0.2, -0.15) is 5.10 Å². The first-order valence-corrected chi connectivity index (χ1v) is 9.37. The second-order valence-corrected chi connectivity index (χ2v) is 7.01. The number of hydrogen-bond acceptors (Lipinski definition) is 4. The highest BCUT2D eigenvalue weighted by atomic mass is 35.5. The molecule has 0 unspecified atom stereocenters. The summed E-state index contributed by atoms with van der Waals surface area (Å²) in [6.07, 6.45) is 2.96. The number of carbonyl (C=O) groups excluding carboxylic acids is 1. The van der Waals surface area contributed by atoms with Crippen LogP contribution in [-0.2, 0) is 17.9 Å². The van der Waals surface area contributed by atoms with Crippen molar-refractivity contribution >= 4 is 28.7 Å². The van der Waals surface area contributed by atoms with E-state index in [4.69, 9.17) is 11.6 Å². The standard InChI is InChI=1S/C21H16ClFN4O3/c22-14-2-1-3-16(10-14)24-18(29)11-26-8-9-27-20(21(26)30)17(12-28)19(25-27)13-4-6-15(23)7-5-13/h1-10,28H,11-12H2,(H,24,29). The topological polar surface area (TPSA) is 88.6 Å². The molecule has 4 aromatic rings. The second kappa shape index (κ2) is 8.10. The smallest absolute Gasteiger partial charge is 0.277 e. The molecule has 0 aliphatic rings. The highest BCUT2D eigenvalue weighted by Crippen LogP contribution is 2.25. The first kappa shape index (κ1) is 19.8. The number of anilines is 1. The normalized spacial score (nSPS) is 11.0. The lowest BCUT2D eigenvalue weighted by Gasteiger charge is -2.08. The molecule has 2 aromatic carbocycles. The SMILES string of the molecule is O=C(Cn1ccn2nc(-c3ccc(F)cc3)c(CO)c2c1=O)Nc1cccc(Cl)c1. The number of hydrogen-bond donors (Lipinski definition) is 2. The van der Waals surface area contributed by atoms with Crippen LogP contribution in [0.3, 0.4) is 0 Å². The molecule has 0 saturated heterocycles. The molecule has 0 aliphatic carbocycles. The van der Waals surface area contributed by atoms with Crippen LogP contribution in [-0.4, -0.2) is 25.2 Å². The maximum atomic E-state index is 13.2. The highest BCUT2D eigenvalue weighted by molar-refractivity contribution is 6.30. The molecular weight excluding hydrogens is 411 g/mol. The fraction of sp³-hybridized carbons (Fsp3) is 0.0952. The van der Waals surface area contributed by atoms with Gasteiger partial charge in [0.25, 0.3) is 5.56 Å². The van der Waals surface area contributed by atoms with Crippen LogP contribution in [0.15, 0.2) is 65.7 Å². The van der Waals surface area contributed by atoms with Gasteiger partial charge >= 0.3 is 0 Å². The van der Waals surface area contributed by atoms with Gasteiger partial charge in [-0.15, -0.1) is 0 Å². The maximum absolute atomic E-state index is 13.2. The van der Waals surface area contributed by atoms with Crippen LogP contribution in [0.1, 0.15) is 5.56 Å². The summed E-state index contributed by atoms with van der Waals surface area (Å²) in [6, 6.07) is 12.3. The Balaban J connectivity index is 1.69. The summed E-state index contributed by atoms with van der Waals surface area (Å²) in [4.78, 5) is 25.4. The molecule has 1 amide bonds. The number of aromatic nitrogens is 3. The van der Waals surface area contributed by atoms with E-state index in [0.717, 1.165) is 0 Å². The molecule has 9 heteroatoms. The fourth-order valence-corrected chi connectivity index (χ4v) is 3.38. The Morgan fingerprint density at radius 1 is 1.17 bits per heavy atom. The first-order valence-electron chi connectivity index (χ1n) is 8.99. The lowest BCUT2D eigenvalue weighted by atomic mass is 10.1. The van der Waals surface area contributed by atoms with E-state index >= 15 is 0 Å². The van der Waals surface area contributed by atoms with Crippen molar-refractivity contribution in [1.29, 1.82) is 0 Å². The summed E-state index contributed by atoms with van der Waals surface area (Å²) in [6.45, 7) is -0.673. The molecule has 2 heterocycles. The molecule has 0 fully saturated rings. The second-order valence-electron chi connectivity index (χ2n) is 6.58. The summed E-state index contributed by atoms with van der Waals surface area (Å²) in [5.41, 5.74) is 1.42. The van der Waals surface area contributed by atoms with Gasteiger partial charge in [0.15, 0.2) is 0 Å². The van der Waals surface area contributed by atoms with Gasteiger partial charge in [0.05, 0.1) is 12.3 Å². The van der Waals surface area contributed by atoms with E-state index in [1.807, 2.05) is 0 Å². The number of fused-ring (bicyclic) bond motifs is 1. The van der Waals surface area contributed by atoms with Crippen molar-refractivity contribution in [3.05, 3.63) is 87.7 Å². The molecule has 152 valence electrons. The zero-order valence-corrected chi connectivity index (χ0v) is 16.3. The minimum atomic E-state index is -0.483. The number of carbonyl (C=O) groups is 1. The molecule has 0 spiro atoms. The van der Waals surface area contributed by atoms with Crippen LogP contribution in [0.5, 0.6) is 0 Å². The molecule has 0 bridgehead atoms. The maximum Gasteiger partial charge on any atom is 0.277 e. The summed E-state index contributed by atoms with van der Waals surface area (Å²) in [5.74, 6) is -0.811. The molecular formula is C21H16ClFN4O3. The van der Waals surface area contributed by atoms with Crippen molar-refractivity contribution in [2.75, 3.05) is 5.32 Å². The van der Waals surface area contributed by atoms with Crippen molar-refractivity contribution in [2.24, 2.45) is 0 Å². The Bertz CT molecular complexity index is 1300. The summed E-state index contributed by atoms with van der Waals surface area (Å²) in [5, 5.41) is 17.4. The molecule has 2 aromatic heterocycles. The number of nitrogens with one attached hydrogen (secondary N) is 1. The van der Waals surface area contributed by atoms with Crippen LogP contribution >= 0.6 is 11.6 Å². The third kappa shape index (κ3) is 3.83. The quantitative estimate of drug-likeness (QED) is 0.513. The number of amides is 1. The van der Waals surface area contributed by atoms with Crippen LogP contribution in [0.2, 0.25) is 5.02 Å². The van der Waals surface area contributed by atoms with Gasteiger partial charge in [0, 0.05) is 34.2 Å². The van der Waals surface area contributed by atoms with Crippen LogP contribution in [0.25, 0.3) is 16.8 Å². The average Bonchev–Trinajstić information content (AvgIpc) is 3.10. The molecule has 0 aliphatic heterocycles. The Morgan fingerprint density at radius 2 is 1.93 bits per heavy atom. The van der Waals surface area contributed by atoms with Gasteiger partial charge in [0.1, 0.15) is 17.9 Å². The molecule has 0 atom stereocenters. The molecule has 0 radical (unpaired) electrons. The minimum absolute atomic E-state index is 0.148. The van der Waals surface area contributed by atoms with E-state index in [1.54, 1.807) is 24.3 Å². The number of aliphatic hydroxyl groups is 1. The van der Waals surface area contributed by atoms with Crippen molar-refractivity contribution in [3.8, 4) is 11.3 Å². The van der Waals surface area contributed by atoms with Crippen molar-refractivity contribution in [1.82, 2.24) is 14.2 Å². The fourth-order valence-electron chi connectivity index (χ4n) is 3.19. The minimum Gasteiger partial charge on any atom is -0.392 e. The van der Waals surface area contributed by atoms with Crippen LogP contribution < -0.4 is 10.9 Å². The number of halogens is 2. The van der Waals surface area contributed by atoms with Crippen molar-refractivity contribution < 1.29 is 14.3 Å². The third-order valence-corrected chi connectivity index (χ3v) is 4.79. The Morgan fingerprint density at radius 3 is 2.63 bits per heavy atom. The van der Waals surface area contributed by atoms with Crippen LogP contribution in [0.4, 0.5) is 10.1 Å². The third-order valence-electron chi connectivity index (χ3n) is 4.56. The molecule has 2 N–H and O–H groups in total. The molecule has 7 nitrogen and oxygen atoms in total. The van der Waals surface area contributed by atoms with Crippen molar-refractivity contribution in [3.63, 3.8) is 0 Å². The van der Waals surface area contributed by atoms with Gasteiger partial charge in [0.2, 0.25) is 5.91 Å². The lowest BCUT2D eigenvalue weighted by molar-refractivity contribution is -0.116. The number of aliphatic hydroxyl groups excluding tert-OH is 1. The van der Waals surface area contributed by atoms with Gasteiger partial charge in [-0.3, -0.25) is 9.59 Å². The largest absolute Gasteiger partial charge is 0.392 e. The van der Waals surface area contributed by atoms with E-state index in [1.165, 1.54) is 45.7 Å². The number of rotatable bonds is 5. The predicted molar refractivity (Wildman–Crippen MR) is 111 cm³/mol.